The van der Waals surface area contributed by atoms with Gasteiger partial charge in [-0.3, -0.25) is 4.79 Å². The van der Waals surface area contributed by atoms with Crippen LogP contribution >= 0.6 is 12.4 Å². The third-order valence-electron chi connectivity index (χ3n) is 2.86. The fourth-order valence-corrected chi connectivity index (χ4v) is 1.98. The maximum atomic E-state index is 11.2. The van der Waals surface area contributed by atoms with Crippen LogP contribution in [0.1, 0.15) is 31.2 Å². The average Bonchev–Trinajstić information content (AvgIpc) is 2.46. The Labute approximate surface area is 103 Å². The van der Waals surface area contributed by atoms with E-state index in [0.29, 0.717) is 5.78 Å². The zero-order valence-corrected chi connectivity index (χ0v) is 10.1. The number of hydrogen-bond donors (Lipinski definition) is 0. The van der Waals surface area contributed by atoms with Crippen LogP contribution in [0.25, 0.3) is 0 Å². The van der Waals surface area contributed by atoms with Crippen molar-refractivity contribution in [2.75, 3.05) is 0 Å². The van der Waals surface area contributed by atoms with Gasteiger partial charge in [0.15, 0.2) is 0 Å². The molecule has 1 nitrogen and oxygen atoms in total. The number of Topliss-reactive ketones (excluding diaryl/α,β-unsaturated/α-hetero) is 1. The number of rotatable bonds is 2. The molecule has 0 radical (unpaired) electrons. The molecule has 0 aromatic heterocycles. The first-order valence-electron chi connectivity index (χ1n) is 5.58. The minimum Gasteiger partial charge on any atom is -0.300 e. The van der Waals surface area contributed by atoms with E-state index in [1.807, 2.05) is 6.07 Å². The molecule has 1 aliphatic carbocycles. The molecule has 0 bridgehead atoms. The van der Waals surface area contributed by atoms with Crippen LogP contribution in [-0.4, -0.2) is 5.78 Å². The maximum absolute atomic E-state index is 11.2. The Morgan fingerprint density at radius 3 is 2.50 bits per heavy atom. The molecule has 0 saturated heterocycles. The van der Waals surface area contributed by atoms with Gasteiger partial charge in [-0.15, -0.1) is 12.4 Å². The minimum absolute atomic E-state index is 0. The molecule has 2 heteroatoms. The molecule has 0 spiro atoms. The standard InChI is InChI=1S/C14H16O.ClH/c15-14-8-4-7-13(9-10-14)11-12-5-2-1-3-6-12;/h1-3,5-7H,4,8-11H2;1H. The first-order valence-corrected chi connectivity index (χ1v) is 5.58. The summed E-state index contributed by atoms with van der Waals surface area (Å²) in [6.45, 7) is 0. The summed E-state index contributed by atoms with van der Waals surface area (Å²) in [6, 6.07) is 10.5. The first-order chi connectivity index (χ1) is 7.34. The van der Waals surface area contributed by atoms with Gasteiger partial charge in [-0.1, -0.05) is 42.0 Å². The fourth-order valence-electron chi connectivity index (χ4n) is 1.98. The Kier molecular flexibility index (Phi) is 5.27. The summed E-state index contributed by atoms with van der Waals surface area (Å²) < 4.78 is 0. The second-order valence-corrected chi connectivity index (χ2v) is 4.10. The second kappa shape index (κ2) is 6.49. The van der Waals surface area contributed by atoms with Gasteiger partial charge in [-0.2, -0.15) is 0 Å². The number of benzene rings is 1. The van der Waals surface area contributed by atoms with Crippen LogP contribution in [0.2, 0.25) is 0 Å². The third-order valence-corrected chi connectivity index (χ3v) is 2.86. The van der Waals surface area contributed by atoms with Crippen LogP contribution in [0.5, 0.6) is 0 Å². The molecule has 1 aromatic carbocycles. The molecular weight excluding hydrogens is 220 g/mol. The van der Waals surface area contributed by atoms with Crippen molar-refractivity contribution in [2.45, 2.75) is 32.1 Å². The Morgan fingerprint density at radius 2 is 1.75 bits per heavy atom. The molecule has 2 rings (SSSR count). The van der Waals surface area contributed by atoms with Crippen molar-refractivity contribution >= 4 is 18.2 Å². The van der Waals surface area contributed by atoms with Gasteiger partial charge in [-0.05, 0) is 24.8 Å². The molecule has 16 heavy (non-hydrogen) atoms. The fraction of sp³-hybridized carbons (Fsp3) is 0.357. The number of hydrogen-bond acceptors (Lipinski definition) is 1. The Bertz CT molecular complexity index is 368. The van der Waals surface area contributed by atoms with Crippen molar-refractivity contribution in [1.82, 2.24) is 0 Å². The van der Waals surface area contributed by atoms with Crippen molar-refractivity contribution in [3.63, 3.8) is 0 Å². The highest BCUT2D eigenvalue weighted by Crippen LogP contribution is 2.18. The third kappa shape index (κ3) is 3.82. The molecule has 0 unspecified atom stereocenters. The Hall–Kier alpha value is -1.08. The van der Waals surface area contributed by atoms with Gasteiger partial charge in [0.2, 0.25) is 0 Å². The number of halogens is 1. The smallest absolute Gasteiger partial charge is 0.133 e. The lowest BCUT2D eigenvalue weighted by Gasteiger charge is -2.04. The van der Waals surface area contributed by atoms with Gasteiger partial charge in [0.05, 0.1) is 0 Å². The molecule has 0 atom stereocenters. The molecule has 0 saturated carbocycles. The predicted octanol–water partition coefficient (Wildman–Crippen LogP) is 3.72. The molecule has 0 N–H and O–H groups in total. The summed E-state index contributed by atoms with van der Waals surface area (Å²) in [7, 11) is 0. The molecule has 0 amide bonds. The van der Waals surface area contributed by atoms with Crippen LogP contribution in [0, 0.1) is 0 Å². The molecule has 0 aliphatic heterocycles. The maximum Gasteiger partial charge on any atom is 0.133 e. The normalized spacial score (nSPS) is 16.0. The molecule has 1 aromatic rings. The molecule has 0 heterocycles. The molecule has 1 aliphatic rings. The van der Waals surface area contributed by atoms with E-state index in [1.54, 1.807) is 0 Å². The van der Waals surface area contributed by atoms with E-state index in [0.717, 1.165) is 32.1 Å². The van der Waals surface area contributed by atoms with Crippen molar-refractivity contribution in [3.8, 4) is 0 Å². The Morgan fingerprint density at radius 1 is 1.00 bits per heavy atom. The highest BCUT2D eigenvalue weighted by Gasteiger charge is 2.08. The van der Waals surface area contributed by atoms with Crippen LogP contribution in [0.3, 0.4) is 0 Å². The van der Waals surface area contributed by atoms with E-state index in [2.05, 4.69) is 30.3 Å². The summed E-state index contributed by atoms with van der Waals surface area (Å²) in [5.74, 6) is 0.411. The van der Waals surface area contributed by atoms with Crippen molar-refractivity contribution in [3.05, 3.63) is 47.5 Å². The molecule has 0 fully saturated rings. The van der Waals surface area contributed by atoms with Gasteiger partial charge in [0.1, 0.15) is 5.78 Å². The monoisotopic (exact) mass is 236 g/mol. The summed E-state index contributed by atoms with van der Waals surface area (Å²) in [5.41, 5.74) is 2.77. The van der Waals surface area contributed by atoms with E-state index in [-0.39, 0.29) is 12.4 Å². The number of carbonyl (C=O) groups excluding carboxylic acids is 1. The number of allylic oxidation sites excluding steroid dienone is 2. The topological polar surface area (TPSA) is 17.1 Å². The van der Waals surface area contributed by atoms with Crippen LogP contribution in [0.4, 0.5) is 0 Å². The van der Waals surface area contributed by atoms with E-state index in [4.69, 9.17) is 0 Å². The van der Waals surface area contributed by atoms with Crippen LogP contribution < -0.4 is 0 Å². The van der Waals surface area contributed by atoms with Gasteiger partial charge in [-0.25, -0.2) is 0 Å². The van der Waals surface area contributed by atoms with Crippen molar-refractivity contribution in [2.24, 2.45) is 0 Å². The zero-order valence-electron chi connectivity index (χ0n) is 9.32. The SMILES string of the molecule is Cl.O=C1CCC=C(Cc2ccccc2)CC1. The van der Waals surface area contributed by atoms with E-state index < -0.39 is 0 Å². The van der Waals surface area contributed by atoms with Crippen LogP contribution in [0.15, 0.2) is 42.0 Å². The van der Waals surface area contributed by atoms with E-state index in [9.17, 15) is 4.79 Å². The molecule has 86 valence electrons. The average molecular weight is 237 g/mol. The molecular formula is C14H17ClO. The minimum atomic E-state index is 0. The highest BCUT2D eigenvalue weighted by atomic mass is 35.5. The number of carbonyl (C=O) groups is 1. The van der Waals surface area contributed by atoms with Crippen molar-refractivity contribution in [1.29, 1.82) is 0 Å². The van der Waals surface area contributed by atoms with Crippen LogP contribution in [-0.2, 0) is 11.2 Å². The van der Waals surface area contributed by atoms with Gasteiger partial charge in [0.25, 0.3) is 0 Å². The van der Waals surface area contributed by atoms with E-state index in [1.165, 1.54) is 11.1 Å². The summed E-state index contributed by atoms with van der Waals surface area (Å²) in [5, 5.41) is 0. The van der Waals surface area contributed by atoms with E-state index >= 15 is 0 Å². The summed E-state index contributed by atoms with van der Waals surface area (Å²) in [6.07, 6.45) is 6.61. The number of ketones is 1. The second-order valence-electron chi connectivity index (χ2n) is 4.10. The van der Waals surface area contributed by atoms with Gasteiger partial charge < -0.3 is 0 Å². The summed E-state index contributed by atoms with van der Waals surface area (Å²) in [4.78, 5) is 11.2. The highest BCUT2D eigenvalue weighted by molar-refractivity contribution is 5.85. The lowest BCUT2D eigenvalue weighted by molar-refractivity contribution is -0.118. The lowest BCUT2D eigenvalue weighted by atomic mass is 10.0. The van der Waals surface area contributed by atoms with Crippen molar-refractivity contribution < 1.29 is 4.79 Å². The zero-order chi connectivity index (χ0) is 10.5. The Balaban J connectivity index is 0.00000128. The predicted molar refractivity (Wildman–Crippen MR) is 69.0 cm³/mol. The lowest BCUT2D eigenvalue weighted by Crippen LogP contribution is -1.95. The van der Waals surface area contributed by atoms with Gasteiger partial charge in [0, 0.05) is 12.8 Å². The van der Waals surface area contributed by atoms with Gasteiger partial charge >= 0.3 is 0 Å². The quantitative estimate of drug-likeness (QED) is 0.716. The first kappa shape index (κ1) is 13.0. The largest absolute Gasteiger partial charge is 0.300 e. The summed E-state index contributed by atoms with van der Waals surface area (Å²) >= 11 is 0.